The van der Waals surface area contributed by atoms with Crippen LogP contribution in [0.5, 0.6) is 0 Å². The monoisotopic (exact) mass is 262 g/mol. The van der Waals surface area contributed by atoms with Crippen molar-refractivity contribution < 1.29 is 5.11 Å². The maximum absolute atomic E-state index is 8.84. The fraction of sp³-hybridized carbons (Fsp3) is 0.800. The van der Waals surface area contributed by atoms with E-state index in [0.717, 1.165) is 43.8 Å². The van der Waals surface area contributed by atoms with Gasteiger partial charge in [-0.25, -0.2) is 0 Å². The van der Waals surface area contributed by atoms with Crippen LogP contribution in [0.2, 0.25) is 0 Å². The van der Waals surface area contributed by atoms with Crippen LogP contribution >= 0.6 is 15.9 Å². The summed E-state index contributed by atoms with van der Waals surface area (Å²) in [5.74, 6) is 0. The molecule has 0 amide bonds. The number of aliphatic hydroxyl groups is 1. The Balaban J connectivity index is 2.29. The molecule has 0 atom stereocenters. The predicted molar refractivity (Wildman–Crippen MR) is 62.6 cm³/mol. The molecule has 1 saturated heterocycles. The summed E-state index contributed by atoms with van der Waals surface area (Å²) in [5.41, 5.74) is 0. The first-order valence-electron chi connectivity index (χ1n) is 5.11. The Morgan fingerprint density at radius 1 is 1.21 bits per heavy atom. The molecule has 1 fully saturated rings. The van der Waals surface area contributed by atoms with Gasteiger partial charge >= 0.3 is 0 Å². The molecule has 1 aliphatic rings. The van der Waals surface area contributed by atoms with E-state index in [1.807, 2.05) is 0 Å². The molecule has 1 rings (SSSR count). The lowest BCUT2D eigenvalue weighted by Crippen LogP contribution is -2.32. The minimum Gasteiger partial charge on any atom is -0.395 e. The zero-order valence-corrected chi connectivity index (χ0v) is 10.2. The first kappa shape index (κ1) is 12.2. The molecule has 3 nitrogen and oxygen atoms in total. The topological polar surface area (TPSA) is 26.7 Å². The second-order valence-corrected chi connectivity index (χ2v) is 4.83. The van der Waals surface area contributed by atoms with E-state index < -0.39 is 0 Å². The Morgan fingerprint density at radius 3 is 2.50 bits per heavy atom. The van der Waals surface area contributed by atoms with Crippen LogP contribution in [0, 0.1) is 0 Å². The van der Waals surface area contributed by atoms with Gasteiger partial charge in [0.25, 0.3) is 0 Å². The van der Waals surface area contributed by atoms with Gasteiger partial charge in [0.1, 0.15) is 0 Å². The van der Waals surface area contributed by atoms with E-state index in [4.69, 9.17) is 5.11 Å². The van der Waals surface area contributed by atoms with Crippen LogP contribution in [-0.2, 0) is 0 Å². The van der Waals surface area contributed by atoms with Crippen molar-refractivity contribution in [1.82, 2.24) is 9.80 Å². The SMILES string of the molecule is C=C(Br)CN1CCCN(CCO)CC1. The highest BCUT2D eigenvalue weighted by molar-refractivity contribution is 9.11. The molecule has 0 spiro atoms. The molecule has 0 bridgehead atoms. The fourth-order valence-electron chi connectivity index (χ4n) is 1.79. The Labute approximate surface area is 94.5 Å². The molecule has 1 aliphatic heterocycles. The number of hydrogen-bond donors (Lipinski definition) is 1. The average Bonchev–Trinajstić information content (AvgIpc) is 2.31. The molecular weight excluding hydrogens is 244 g/mol. The summed E-state index contributed by atoms with van der Waals surface area (Å²) in [5, 5.41) is 8.84. The third-order valence-electron chi connectivity index (χ3n) is 2.49. The zero-order valence-electron chi connectivity index (χ0n) is 8.58. The van der Waals surface area contributed by atoms with Crippen LogP contribution in [-0.4, -0.2) is 60.8 Å². The van der Waals surface area contributed by atoms with Crippen molar-refractivity contribution in [2.75, 3.05) is 45.9 Å². The van der Waals surface area contributed by atoms with Crippen LogP contribution in [0.4, 0.5) is 0 Å². The lowest BCUT2D eigenvalue weighted by molar-refractivity contribution is 0.198. The molecule has 0 aromatic heterocycles. The van der Waals surface area contributed by atoms with Crippen LogP contribution in [0.1, 0.15) is 6.42 Å². The van der Waals surface area contributed by atoms with Gasteiger partial charge in [0.2, 0.25) is 0 Å². The van der Waals surface area contributed by atoms with E-state index in [0.29, 0.717) is 0 Å². The summed E-state index contributed by atoms with van der Waals surface area (Å²) >= 11 is 3.39. The van der Waals surface area contributed by atoms with Gasteiger partial charge in [0.05, 0.1) is 6.61 Å². The van der Waals surface area contributed by atoms with E-state index >= 15 is 0 Å². The molecule has 0 saturated carbocycles. The normalized spacial score (nSPS) is 20.7. The number of aliphatic hydroxyl groups excluding tert-OH is 1. The summed E-state index contributed by atoms with van der Waals surface area (Å²) in [6.45, 7) is 10.2. The molecule has 82 valence electrons. The second-order valence-electron chi connectivity index (χ2n) is 3.71. The van der Waals surface area contributed by atoms with Gasteiger partial charge in [0.15, 0.2) is 0 Å². The second kappa shape index (κ2) is 6.56. The predicted octanol–water partition coefficient (Wildman–Crippen LogP) is 0.895. The van der Waals surface area contributed by atoms with E-state index in [2.05, 4.69) is 32.3 Å². The summed E-state index contributed by atoms with van der Waals surface area (Å²) in [6.07, 6.45) is 1.18. The number of β-amino-alcohol motifs (C(OH)–C–C–N with tert-alkyl or cyclic N) is 1. The Kier molecular flexibility index (Phi) is 5.70. The number of nitrogens with zero attached hydrogens (tertiary/aromatic N) is 2. The number of hydrogen-bond acceptors (Lipinski definition) is 3. The molecule has 0 aliphatic carbocycles. The molecule has 0 unspecified atom stereocenters. The van der Waals surface area contributed by atoms with E-state index in [1.54, 1.807) is 0 Å². The van der Waals surface area contributed by atoms with Gasteiger partial charge in [0, 0.05) is 30.7 Å². The summed E-state index contributed by atoms with van der Waals surface area (Å²) in [6, 6.07) is 0. The number of rotatable bonds is 4. The minimum absolute atomic E-state index is 0.269. The van der Waals surface area contributed by atoms with Crippen LogP contribution in [0.15, 0.2) is 11.1 Å². The van der Waals surface area contributed by atoms with Crippen molar-refractivity contribution in [3.05, 3.63) is 11.1 Å². The highest BCUT2D eigenvalue weighted by Crippen LogP contribution is 2.08. The Bertz CT molecular complexity index is 187. The maximum Gasteiger partial charge on any atom is 0.0558 e. The molecule has 1 heterocycles. The first-order valence-corrected chi connectivity index (χ1v) is 5.90. The Morgan fingerprint density at radius 2 is 1.86 bits per heavy atom. The van der Waals surface area contributed by atoms with Gasteiger partial charge in [-0.05, 0) is 19.5 Å². The van der Waals surface area contributed by atoms with Crippen LogP contribution in [0.25, 0.3) is 0 Å². The van der Waals surface area contributed by atoms with Crippen molar-refractivity contribution in [2.45, 2.75) is 6.42 Å². The third kappa shape index (κ3) is 4.55. The minimum atomic E-state index is 0.269. The van der Waals surface area contributed by atoms with E-state index in [9.17, 15) is 0 Å². The van der Waals surface area contributed by atoms with Crippen molar-refractivity contribution in [1.29, 1.82) is 0 Å². The van der Waals surface area contributed by atoms with Gasteiger partial charge < -0.3 is 5.11 Å². The van der Waals surface area contributed by atoms with E-state index in [-0.39, 0.29) is 6.61 Å². The molecule has 4 heteroatoms. The lowest BCUT2D eigenvalue weighted by atomic mass is 10.4. The molecule has 0 aromatic carbocycles. The van der Waals surface area contributed by atoms with Gasteiger partial charge in [-0.15, -0.1) is 0 Å². The summed E-state index contributed by atoms with van der Waals surface area (Å²) in [4.78, 5) is 4.71. The maximum atomic E-state index is 8.84. The van der Waals surface area contributed by atoms with Crippen LogP contribution in [0.3, 0.4) is 0 Å². The van der Waals surface area contributed by atoms with Crippen molar-refractivity contribution >= 4 is 15.9 Å². The molecular formula is C10H19BrN2O. The van der Waals surface area contributed by atoms with Crippen molar-refractivity contribution in [2.24, 2.45) is 0 Å². The first-order chi connectivity index (χ1) is 6.72. The quantitative estimate of drug-likeness (QED) is 0.816. The molecule has 14 heavy (non-hydrogen) atoms. The molecule has 1 N–H and O–H groups in total. The van der Waals surface area contributed by atoms with E-state index in [1.165, 1.54) is 6.42 Å². The smallest absolute Gasteiger partial charge is 0.0558 e. The Hall–Kier alpha value is 0.1000. The van der Waals surface area contributed by atoms with Gasteiger partial charge in [-0.1, -0.05) is 22.5 Å². The largest absolute Gasteiger partial charge is 0.395 e. The van der Waals surface area contributed by atoms with Gasteiger partial charge in [-0.3, -0.25) is 9.80 Å². The zero-order chi connectivity index (χ0) is 10.4. The highest BCUT2D eigenvalue weighted by Gasteiger charge is 2.13. The third-order valence-corrected chi connectivity index (χ3v) is 2.74. The van der Waals surface area contributed by atoms with Gasteiger partial charge in [-0.2, -0.15) is 0 Å². The average molecular weight is 263 g/mol. The van der Waals surface area contributed by atoms with Crippen molar-refractivity contribution in [3.63, 3.8) is 0 Å². The summed E-state index contributed by atoms with van der Waals surface area (Å²) < 4.78 is 1.05. The fourth-order valence-corrected chi connectivity index (χ4v) is 2.14. The highest BCUT2D eigenvalue weighted by atomic mass is 79.9. The number of halogens is 1. The van der Waals surface area contributed by atoms with Crippen LogP contribution < -0.4 is 0 Å². The lowest BCUT2D eigenvalue weighted by Gasteiger charge is -2.20. The summed E-state index contributed by atoms with van der Waals surface area (Å²) in [7, 11) is 0. The molecule has 0 radical (unpaired) electrons. The van der Waals surface area contributed by atoms with Crippen molar-refractivity contribution in [3.8, 4) is 0 Å². The standard InChI is InChI=1S/C10H19BrN2O/c1-10(11)9-13-4-2-3-12(5-6-13)7-8-14/h14H,1-9H2. The molecule has 0 aromatic rings.